The van der Waals surface area contributed by atoms with Crippen LogP contribution >= 0.6 is 0 Å². The van der Waals surface area contributed by atoms with Crippen molar-refractivity contribution in [3.63, 3.8) is 0 Å². The Hall–Kier alpha value is -3.92. The molecule has 0 spiro atoms. The van der Waals surface area contributed by atoms with E-state index in [9.17, 15) is 23.3 Å². The quantitative estimate of drug-likeness (QED) is 0.322. The number of non-ortho nitro benzene ring substituents is 1. The highest BCUT2D eigenvalue weighted by atomic mass is 32.2. The summed E-state index contributed by atoms with van der Waals surface area (Å²) in [6.45, 7) is 0.252. The van der Waals surface area contributed by atoms with E-state index < -0.39 is 15.0 Å². The number of hydrogen-bond donors (Lipinski definition) is 1. The molecule has 0 saturated heterocycles. The number of rotatable bonds is 8. The van der Waals surface area contributed by atoms with Crippen LogP contribution in [0.3, 0.4) is 0 Å². The molecular weight excluding hydrogens is 424 g/mol. The Morgan fingerprint density at radius 3 is 2.42 bits per heavy atom. The third-order valence-corrected chi connectivity index (χ3v) is 5.51. The number of nitrogens with one attached hydrogen (secondary N) is 1. The van der Waals surface area contributed by atoms with Crippen LogP contribution in [0, 0.1) is 10.1 Å². The first kappa shape index (κ1) is 21.8. The molecule has 0 aliphatic carbocycles. The first-order valence-electron chi connectivity index (χ1n) is 8.99. The molecule has 9 nitrogen and oxygen atoms in total. The summed E-state index contributed by atoms with van der Waals surface area (Å²) in [5, 5.41) is 13.6. The molecule has 0 bridgehead atoms. The Labute approximate surface area is 178 Å². The third kappa shape index (κ3) is 5.37. The van der Waals surface area contributed by atoms with Gasteiger partial charge in [0.2, 0.25) is 0 Å². The Morgan fingerprint density at radius 2 is 1.74 bits per heavy atom. The fourth-order valence-corrected chi connectivity index (χ4v) is 3.69. The molecule has 0 radical (unpaired) electrons. The van der Waals surface area contributed by atoms with Crippen LogP contribution in [0.1, 0.15) is 15.9 Å². The topological polar surface area (TPSA) is 125 Å². The van der Waals surface area contributed by atoms with Crippen molar-refractivity contribution >= 4 is 21.7 Å². The molecule has 3 aromatic carbocycles. The lowest BCUT2D eigenvalue weighted by atomic mass is 10.1. The van der Waals surface area contributed by atoms with Crippen molar-refractivity contribution in [3.05, 3.63) is 94.0 Å². The normalized spacial score (nSPS) is 10.9. The van der Waals surface area contributed by atoms with Crippen LogP contribution in [0.5, 0.6) is 11.5 Å². The van der Waals surface area contributed by atoms with Crippen molar-refractivity contribution in [2.24, 2.45) is 0 Å². The van der Waals surface area contributed by atoms with Gasteiger partial charge in [0.1, 0.15) is 16.4 Å². The first-order valence-corrected chi connectivity index (χ1v) is 10.4. The maximum absolute atomic E-state index is 12.4. The summed E-state index contributed by atoms with van der Waals surface area (Å²) in [6.07, 6.45) is 0. The van der Waals surface area contributed by atoms with Crippen molar-refractivity contribution in [3.8, 4) is 11.5 Å². The lowest BCUT2D eigenvalue weighted by Crippen LogP contribution is -2.23. The maximum atomic E-state index is 12.4. The molecule has 0 aliphatic rings. The van der Waals surface area contributed by atoms with Crippen LogP contribution in [0.2, 0.25) is 0 Å². The maximum Gasteiger partial charge on any atom is 0.339 e. The number of nitro benzene ring substituents is 1. The van der Waals surface area contributed by atoms with Gasteiger partial charge in [-0.2, -0.15) is 8.42 Å². The fraction of sp³-hybridized carbons (Fsp3) is 0.0952. The Bertz CT molecular complexity index is 1210. The van der Waals surface area contributed by atoms with E-state index in [1.807, 2.05) is 18.2 Å². The molecular formula is C21H18N2O7S. The van der Waals surface area contributed by atoms with E-state index in [1.165, 1.54) is 42.5 Å². The van der Waals surface area contributed by atoms with Gasteiger partial charge in [-0.3, -0.25) is 14.9 Å². The Morgan fingerprint density at radius 1 is 1.03 bits per heavy atom. The van der Waals surface area contributed by atoms with Gasteiger partial charge in [0.15, 0.2) is 0 Å². The van der Waals surface area contributed by atoms with Gasteiger partial charge < -0.3 is 14.2 Å². The summed E-state index contributed by atoms with van der Waals surface area (Å²) in [6, 6.07) is 17.3. The average Bonchev–Trinajstić information content (AvgIpc) is 2.78. The number of carbonyl (C=O) groups is 1. The predicted molar refractivity (Wildman–Crippen MR) is 112 cm³/mol. The zero-order valence-electron chi connectivity index (χ0n) is 16.3. The molecule has 0 aromatic heterocycles. The van der Waals surface area contributed by atoms with Gasteiger partial charge in [0, 0.05) is 29.8 Å². The highest BCUT2D eigenvalue weighted by molar-refractivity contribution is 7.87. The lowest BCUT2D eigenvalue weighted by molar-refractivity contribution is -0.385. The summed E-state index contributed by atoms with van der Waals surface area (Å²) in [5.74, 6) is 0.254. The Balaban J connectivity index is 1.67. The standard InChI is InChI=1S/C21H18N2O7S/c1-29-20-8-3-2-5-16(20)14-22-21(24)15-9-11-18(12-10-15)30-31(27,28)19-7-4-6-17(13-19)23(25)26/h2-13H,14H2,1H3,(H,22,24). The second-order valence-corrected chi connectivity index (χ2v) is 7.86. The van der Waals surface area contributed by atoms with Crippen molar-refractivity contribution in [1.29, 1.82) is 0 Å². The average molecular weight is 442 g/mol. The van der Waals surface area contributed by atoms with Crippen LogP contribution in [0.25, 0.3) is 0 Å². The summed E-state index contributed by atoms with van der Waals surface area (Å²) < 4.78 is 35.0. The molecule has 10 heteroatoms. The molecule has 3 rings (SSSR count). The monoisotopic (exact) mass is 442 g/mol. The summed E-state index contributed by atoms with van der Waals surface area (Å²) in [5.41, 5.74) is 0.739. The van der Waals surface area contributed by atoms with Crippen molar-refractivity contribution < 1.29 is 27.1 Å². The number of hydrogen-bond acceptors (Lipinski definition) is 7. The molecule has 3 aromatic rings. The van der Waals surface area contributed by atoms with Gasteiger partial charge in [0.05, 0.1) is 12.0 Å². The molecule has 1 N–H and O–H groups in total. The Kier molecular flexibility index (Phi) is 6.51. The fourth-order valence-electron chi connectivity index (χ4n) is 2.72. The summed E-state index contributed by atoms with van der Waals surface area (Å²) in [4.78, 5) is 22.2. The number of nitro groups is 1. The largest absolute Gasteiger partial charge is 0.496 e. The molecule has 0 fully saturated rings. The number of amides is 1. The van der Waals surface area contributed by atoms with Gasteiger partial charge in [0.25, 0.3) is 11.6 Å². The van der Waals surface area contributed by atoms with Crippen LogP contribution < -0.4 is 14.2 Å². The number of benzene rings is 3. The van der Waals surface area contributed by atoms with Crippen molar-refractivity contribution in [2.75, 3.05) is 7.11 Å². The second kappa shape index (κ2) is 9.26. The van der Waals surface area contributed by atoms with Gasteiger partial charge in [-0.25, -0.2) is 0 Å². The minimum absolute atomic E-state index is 0.0345. The minimum Gasteiger partial charge on any atom is -0.496 e. The number of para-hydroxylation sites is 1. The summed E-state index contributed by atoms with van der Waals surface area (Å²) in [7, 11) is -2.73. The van der Waals surface area contributed by atoms with Crippen molar-refractivity contribution in [2.45, 2.75) is 11.4 Å². The SMILES string of the molecule is COc1ccccc1CNC(=O)c1ccc(OS(=O)(=O)c2cccc([N+](=O)[O-])c2)cc1. The highest BCUT2D eigenvalue weighted by Crippen LogP contribution is 2.22. The van der Waals surface area contributed by atoms with Gasteiger partial charge >= 0.3 is 10.1 Å². The van der Waals surface area contributed by atoms with E-state index >= 15 is 0 Å². The van der Waals surface area contributed by atoms with Gasteiger partial charge in [-0.1, -0.05) is 24.3 Å². The van der Waals surface area contributed by atoms with E-state index in [2.05, 4.69) is 5.32 Å². The molecule has 0 unspecified atom stereocenters. The van der Waals surface area contributed by atoms with E-state index in [0.29, 0.717) is 11.3 Å². The van der Waals surface area contributed by atoms with E-state index in [-0.39, 0.29) is 28.8 Å². The number of nitrogens with zero attached hydrogens (tertiary/aromatic N) is 1. The molecule has 0 saturated carbocycles. The molecule has 160 valence electrons. The zero-order chi connectivity index (χ0) is 22.4. The number of carbonyl (C=O) groups excluding carboxylic acids is 1. The van der Waals surface area contributed by atoms with Gasteiger partial charge in [-0.05, 0) is 36.4 Å². The lowest BCUT2D eigenvalue weighted by Gasteiger charge is -2.10. The zero-order valence-corrected chi connectivity index (χ0v) is 17.2. The van der Waals surface area contributed by atoms with Crippen LogP contribution in [0.4, 0.5) is 5.69 Å². The third-order valence-electron chi connectivity index (χ3n) is 4.27. The molecule has 0 atom stereocenters. The van der Waals surface area contributed by atoms with Crippen LogP contribution in [-0.4, -0.2) is 26.4 Å². The second-order valence-electron chi connectivity index (χ2n) is 6.31. The van der Waals surface area contributed by atoms with E-state index in [0.717, 1.165) is 11.6 Å². The van der Waals surface area contributed by atoms with Gasteiger partial charge in [-0.15, -0.1) is 0 Å². The highest BCUT2D eigenvalue weighted by Gasteiger charge is 2.20. The van der Waals surface area contributed by atoms with E-state index in [4.69, 9.17) is 8.92 Å². The number of methoxy groups -OCH3 is 1. The predicted octanol–water partition coefficient (Wildman–Crippen LogP) is 3.30. The van der Waals surface area contributed by atoms with Crippen LogP contribution in [0.15, 0.2) is 77.7 Å². The molecule has 0 aliphatic heterocycles. The first-order chi connectivity index (χ1) is 14.8. The summed E-state index contributed by atoms with van der Waals surface area (Å²) >= 11 is 0. The minimum atomic E-state index is -4.28. The van der Waals surface area contributed by atoms with Crippen LogP contribution in [-0.2, 0) is 16.7 Å². The molecule has 31 heavy (non-hydrogen) atoms. The number of ether oxygens (including phenoxy) is 1. The molecule has 0 heterocycles. The molecule has 1 amide bonds. The smallest absolute Gasteiger partial charge is 0.339 e. The van der Waals surface area contributed by atoms with E-state index in [1.54, 1.807) is 13.2 Å². The van der Waals surface area contributed by atoms with Crippen molar-refractivity contribution in [1.82, 2.24) is 5.32 Å².